The molecule has 0 spiro atoms. The van der Waals surface area contributed by atoms with Crippen LogP contribution in [0.25, 0.3) is 17.0 Å². The molecule has 0 atom stereocenters. The van der Waals surface area contributed by atoms with Crippen LogP contribution in [0.4, 0.5) is 0 Å². The molecule has 2 aromatic rings. The van der Waals surface area contributed by atoms with Crippen molar-refractivity contribution in [3.8, 4) is 0 Å². The highest BCUT2D eigenvalue weighted by molar-refractivity contribution is 6.31. The largest absolute Gasteiger partial charge is 0.478 e. The average molecular weight is 234 g/mol. The van der Waals surface area contributed by atoms with E-state index in [0.29, 0.717) is 10.6 Å². The lowest BCUT2D eigenvalue weighted by atomic mass is 10.1. The second kappa shape index (κ2) is 4.33. The number of aromatic nitrogens is 1. The van der Waals surface area contributed by atoms with Gasteiger partial charge in [0, 0.05) is 28.2 Å². The third-order valence-corrected chi connectivity index (χ3v) is 2.32. The predicted molar refractivity (Wildman–Crippen MR) is 63.4 cm³/mol. The Bertz CT molecular complexity index is 578. The van der Waals surface area contributed by atoms with Crippen molar-refractivity contribution in [2.45, 2.75) is 0 Å². The second-order valence-corrected chi connectivity index (χ2v) is 3.68. The molecule has 4 heteroatoms. The van der Waals surface area contributed by atoms with Gasteiger partial charge in [0.1, 0.15) is 0 Å². The number of rotatable bonds is 2. The Morgan fingerprint density at radius 1 is 1.44 bits per heavy atom. The first-order chi connectivity index (χ1) is 7.66. The first-order valence-corrected chi connectivity index (χ1v) is 5.00. The van der Waals surface area contributed by atoms with Crippen LogP contribution in [-0.2, 0) is 4.79 Å². The number of halogens is 1. The number of hydrogen-bond acceptors (Lipinski definition) is 2. The van der Waals surface area contributed by atoms with Crippen molar-refractivity contribution in [2.24, 2.45) is 0 Å². The van der Waals surface area contributed by atoms with Crippen molar-refractivity contribution in [3.05, 3.63) is 47.1 Å². The van der Waals surface area contributed by atoms with Crippen LogP contribution in [0, 0.1) is 0 Å². The van der Waals surface area contributed by atoms with Gasteiger partial charge in [-0.3, -0.25) is 4.98 Å². The maximum Gasteiger partial charge on any atom is 0.328 e. The molecule has 0 fully saturated rings. The molecule has 0 aliphatic heterocycles. The van der Waals surface area contributed by atoms with E-state index in [-0.39, 0.29) is 0 Å². The van der Waals surface area contributed by atoms with Gasteiger partial charge in [0.2, 0.25) is 0 Å². The molecule has 3 nitrogen and oxygen atoms in total. The summed E-state index contributed by atoms with van der Waals surface area (Å²) < 4.78 is 0. The molecule has 1 aromatic carbocycles. The van der Waals surface area contributed by atoms with Gasteiger partial charge >= 0.3 is 5.97 Å². The van der Waals surface area contributed by atoms with Crippen molar-refractivity contribution in [2.75, 3.05) is 0 Å². The normalized spacial score (nSPS) is 11.1. The number of carbonyl (C=O) groups is 1. The Morgan fingerprint density at radius 2 is 2.25 bits per heavy atom. The van der Waals surface area contributed by atoms with E-state index in [4.69, 9.17) is 16.7 Å². The molecule has 0 saturated carbocycles. The summed E-state index contributed by atoms with van der Waals surface area (Å²) in [5, 5.41) is 10.0. The molecule has 0 radical (unpaired) electrons. The molecular formula is C12H8ClNO2. The van der Waals surface area contributed by atoms with Gasteiger partial charge in [0.05, 0.1) is 5.52 Å². The van der Waals surface area contributed by atoms with Crippen molar-refractivity contribution in [1.82, 2.24) is 4.98 Å². The van der Waals surface area contributed by atoms with Gasteiger partial charge in [-0.15, -0.1) is 0 Å². The Hall–Kier alpha value is -1.87. The van der Waals surface area contributed by atoms with E-state index < -0.39 is 5.97 Å². The van der Waals surface area contributed by atoms with Gasteiger partial charge in [-0.05, 0) is 24.3 Å². The molecule has 1 aromatic heterocycles. The third kappa shape index (κ3) is 2.20. The zero-order valence-corrected chi connectivity index (χ0v) is 8.98. The highest BCUT2D eigenvalue weighted by atomic mass is 35.5. The minimum atomic E-state index is -0.996. The van der Waals surface area contributed by atoms with Crippen LogP contribution in [0.1, 0.15) is 5.56 Å². The second-order valence-electron chi connectivity index (χ2n) is 3.24. The van der Waals surface area contributed by atoms with Crippen molar-refractivity contribution < 1.29 is 9.90 Å². The number of pyridine rings is 1. The van der Waals surface area contributed by atoms with Gasteiger partial charge in [-0.25, -0.2) is 4.79 Å². The lowest BCUT2D eigenvalue weighted by Crippen LogP contribution is -1.87. The minimum absolute atomic E-state index is 0.561. The quantitative estimate of drug-likeness (QED) is 0.812. The summed E-state index contributed by atoms with van der Waals surface area (Å²) >= 11 is 5.93. The zero-order valence-electron chi connectivity index (χ0n) is 8.22. The summed E-state index contributed by atoms with van der Waals surface area (Å²) in [5.41, 5.74) is 1.44. The summed E-state index contributed by atoms with van der Waals surface area (Å²) in [6, 6.07) is 7.17. The van der Waals surface area contributed by atoms with Gasteiger partial charge in [0.15, 0.2) is 0 Å². The Morgan fingerprint density at radius 3 is 3.00 bits per heavy atom. The van der Waals surface area contributed by atoms with E-state index >= 15 is 0 Å². The maximum atomic E-state index is 10.5. The van der Waals surface area contributed by atoms with E-state index in [1.165, 1.54) is 6.08 Å². The smallest absolute Gasteiger partial charge is 0.328 e. The first-order valence-electron chi connectivity index (χ1n) is 4.62. The van der Waals surface area contributed by atoms with Crippen molar-refractivity contribution in [3.63, 3.8) is 0 Å². The molecule has 1 N–H and O–H groups in total. The van der Waals surface area contributed by atoms with Gasteiger partial charge in [0.25, 0.3) is 0 Å². The van der Waals surface area contributed by atoms with Crippen LogP contribution < -0.4 is 0 Å². The lowest BCUT2D eigenvalue weighted by molar-refractivity contribution is -0.131. The van der Waals surface area contributed by atoms with Crippen LogP contribution >= 0.6 is 11.6 Å². The molecule has 16 heavy (non-hydrogen) atoms. The Labute approximate surface area is 97.0 Å². The summed E-state index contributed by atoms with van der Waals surface area (Å²) in [5.74, 6) is -0.996. The number of carboxylic acid groups (broad SMARTS) is 1. The summed E-state index contributed by atoms with van der Waals surface area (Å²) in [6.07, 6.45) is 4.22. The number of benzene rings is 1. The number of nitrogens with zero attached hydrogens (tertiary/aromatic N) is 1. The van der Waals surface area contributed by atoms with E-state index in [1.807, 2.05) is 12.1 Å². The average Bonchev–Trinajstić information content (AvgIpc) is 2.25. The zero-order chi connectivity index (χ0) is 11.5. The van der Waals surface area contributed by atoms with Crippen LogP contribution in [0.2, 0.25) is 5.02 Å². The van der Waals surface area contributed by atoms with Crippen LogP contribution in [-0.4, -0.2) is 16.1 Å². The van der Waals surface area contributed by atoms with Crippen LogP contribution in [0.15, 0.2) is 36.5 Å². The maximum absolute atomic E-state index is 10.5. The fourth-order valence-electron chi connectivity index (χ4n) is 1.47. The summed E-state index contributed by atoms with van der Waals surface area (Å²) in [7, 11) is 0. The SMILES string of the molecule is O=C(O)/C=C/c1cc(Cl)cc2cccnc12. The molecule has 0 aliphatic rings. The minimum Gasteiger partial charge on any atom is -0.478 e. The van der Waals surface area contributed by atoms with Crippen LogP contribution in [0.3, 0.4) is 0 Å². The number of carboxylic acids is 1. The van der Waals surface area contributed by atoms with E-state index in [0.717, 1.165) is 17.0 Å². The van der Waals surface area contributed by atoms with Gasteiger partial charge < -0.3 is 5.11 Å². The standard InChI is InChI=1S/C12H8ClNO2/c13-10-6-8-2-1-5-14-12(8)9(7-10)3-4-11(15)16/h1-7H,(H,15,16)/b4-3+. The molecule has 0 bridgehead atoms. The molecule has 1 heterocycles. The molecule has 0 amide bonds. The highest BCUT2D eigenvalue weighted by Gasteiger charge is 2.01. The van der Waals surface area contributed by atoms with Gasteiger partial charge in [-0.1, -0.05) is 17.7 Å². The predicted octanol–water partition coefficient (Wildman–Crippen LogP) is 2.99. The summed E-state index contributed by atoms with van der Waals surface area (Å²) in [4.78, 5) is 14.7. The molecule has 2 rings (SSSR count). The number of hydrogen-bond donors (Lipinski definition) is 1. The van der Waals surface area contributed by atoms with E-state index in [9.17, 15) is 4.79 Å². The van der Waals surface area contributed by atoms with E-state index in [2.05, 4.69) is 4.98 Å². The fraction of sp³-hybridized carbons (Fsp3) is 0. The molecule has 0 saturated heterocycles. The molecule has 80 valence electrons. The van der Waals surface area contributed by atoms with Crippen molar-refractivity contribution >= 4 is 34.5 Å². The molecule has 0 unspecified atom stereocenters. The van der Waals surface area contributed by atoms with Gasteiger partial charge in [-0.2, -0.15) is 0 Å². The van der Waals surface area contributed by atoms with Crippen molar-refractivity contribution in [1.29, 1.82) is 0 Å². The fourth-order valence-corrected chi connectivity index (χ4v) is 1.71. The lowest BCUT2D eigenvalue weighted by Gasteiger charge is -2.01. The molecule has 0 aliphatic carbocycles. The highest BCUT2D eigenvalue weighted by Crippen LogP contribution is 2.23. The molecular weight excluding hydrogens is 226 g/mol. The Kier molecular flexibility index (Phi) is 2.88. The third-order valence-electron chi connectivity index (χ3n) is 2.10. The topological polar surface area (TPSA) is 50.2 Å². The summed E-state index contributed by atoms with van der Waals surface area (Å²) in [6.45, 7) is 0. The number of fused-ring (bicyclic) bond motifs is 1. The monoisotopic (exact) mass is 233 g/mol. The Balaban J connectivity index is 2.63. The van der Waals surface area contributed by atoms with E-state index in [1.54, 1.807) is 18.3 Å². The van der Waals surface area contributed by atoms with Crippen LogP contribution in [0.5, 0.6) is 0 Å². The number of aliphatic carboxylic acids is 1. The first kappa shape index (κ1) is 10.6.